The van der Waals surface area contributed by atoms with Gasteiger partial charge in [0.2, 0.25) is 5.91 Å². The number of hydrogen-bond acceptors (Lipinski definition) is 4. The van der Waals surface area contributed by atoms with Gasteiger partial charge in [-0.1, -0.05) is 0 Å². The van der Waals surface area contributed by atoms with Crippen molar-refractivity contribution >= 4 is 45.2 Å². The molecule has 9 heteroatoms. The van der Waals surface area contributed by atoms with Crippen LogP contribution >= 0.6 is 27.3 Å². The Bertz CT molecular complexity index is 573. The molecule has 2 N–H and O–H groups in total. The Morgan fingerprint density at radius 1 is 1.55 bits per heavy atom. The Labute approximate surface area is 141 Å². The molecule has 1 aromatic heterocycles. The van der Waals surface area contributed by atoms with Crippen LogP contribution in [0.2, 0.25) is 0 Å². The lowest BCUT2D eigenvalue weighted by atomic mass is 10.4. The molecule has 7 nitrogen and oxygen atoms in total. The monoisotopic (exact) mass is 387 g/mol. The van der Waals surface area contributed by atoms with Crippen LogP contribution in [0.15, 0.2) is 20.9 Å². The molecule has 120 valence electrons. The van der Waals surface area contributed by atoms with Gasteiger partial charge in [-0.15, -0.1) is 11.3 Å². The molecular formula is C13H18BrN5O2S. The SMILES string of the molecule is CN=C(NCCN1C(=O)CNC1=O)N(C)Cc1ccc(Br)s1. The van der Waals surface area contributed by atoms with Gasteiger partial charge in [0.05, 0.1) is 16.9 Å². The molecule has 1 aromatic rings. The molecule has 0 atom stereocenters. The molecule has 1 saturated heterocycles. The molecule has 0 bridgehead atoms. The Morgan fingerprint density at radius 3 is 2.86 bits per heavy atom. The second-order valence-electron chi connectivity index (χ2n) is 4.74. The number of urea groups is 1. The maximum Gasteiger partial charge on any atom is 0.324 e. The van der Waals surface area contributed by atoms with Crippen molar-refractivity contribution < 1.29 is 9.59 Å². The van der Waals surface area contributed by atoms with Crippen molar-refractivity contribution in [2.75, 3.05) is 33.7 Å². The minimum absolute atomic E-state index is 0.0840. The van der Waals surface area contributed by atoms with E-state index in [1.165, 1.54) is 9.78 Å². The van der Waals surface area contributed by atoms with Crippen molar-refractivity contribution in [3.8, 4) is 0 Å². The zero-order chi connectivity index (χ0) is 16.1. The van der Waals surface area contributed by atoms with Crippen LogP contribution in [0.5, 0.6) is 0 Å². The first kappa shape index (κ1) is 16.8. The van der Waals surface area contributed by atoms with E-state index in [1.54, 1.807) is 18.4 Å². The Balaban J connectivity index is 1.81. The molecule has 0 aromatic carbocycles. The number of imide groups is 1. The molecule has 3 amide bonds. The molecule has 22 heavy (non-hydrogen) atoms. The number of nitrogens with one attached hydrogen (secondary N) is 2. The van der Waals surface area contributed by atoms with E-state index >= 15 is 0 Å². The summed E-state index contributed by atoms with van der Waals surface area (Å²) in [6, 6.07) is 3.74. The molecule has 0 aliphatic carbocycles. The van der Waals surface area contributed by atoms with Gasteiger partial charge in [-0.05, 0) is 28.1 Å². The van der Waals surface area contributed by atoms with E-state index in [-0.39, 0.29) is 18.5 Å². The quantitative estimate of drug-likeness (QED) is 0.450. The van der Waals surface area contributed by atoms with E-state index in [0.717, 1.165) is 16.3 Å². The fourth-order valence-electron chi connectivity index (χ4n) is 2.09. The highest BCUT2D eigenvalue weighted by molar-refractivity contribution is 9.11. The van der Waals surface area contributed by atoms with Crippen molar-refractivity contribution in [2.24, 2.45) is 4.99 Å². The summed E-state index contributed by atoms with van der Waals surface area (Å²) >= 11 is 5.12. The van der Waals surface area contributed by atoms with E-state index in [1.807, 2.05) is 18.0 Å². The van der Waals surface area contributed by atoms with Crippen LogP contribution in [0.3, 0.4) is 0 Å². The number of hydrogen-bond donors (Lipinski definition) is 2. The molecule has 0 unspecified atom stereocenters. The maximum absolute atomic E-state index is 11.5. The van der Waals surface area contributed by atoms with E-state index in [4.69, 9.17) is 0 Å². The third kappa shape index (κ3) is 4.20. The van der Waals surface area contributed by atoms with E-state index < -0.39 is 0 Å². The minimum Gasteiger partial charge on any atom is -0.354 e. The Kier molecular flexibility index (Phi) is 5.78. The van der Waals surface area contributed by atoms with Crippen LogP contribution in [-0.2, 0) is 11.3 Å². The average molecular weight is 388 g/mol. The second-order valence-corrected chi connectivity index (χ2v) is 7.29. The summed E-state index contributed by atoms with van der Waals surface area (Å²) in [6.45, 7) is 1.60. The molecule has 0 saturated carbocycles. The Morgan fingerprint density at radius 2 is 2.32 bits per heavy atom. The lowest BCUT2D eigenvalue weighted by molar-refractivity contribution is -0.124. The predicted octanol–water partition coefficient (Wildman–Crippen LogP) is 1.07. The first-order valence-electron chi connectivity index (χ1n) is 6.75. The fraction of sp³-hybridized carbons (Fsp3) is 0.462. The summed E-state index contributed by atoms with van der Waals surface area (Å²) in [4.78, 5) is 31.5. The molecule has 0 spiro atoms. The van der Waals surface area contributed by atoms with E-state index in [2.05, 4.69) is 37.6 Å². The molecule has 1 aliphatic rings. The fourth-order valence-corrected chi connectivity index (χ4v) is 3.63. The summed E-state index contributed by atoms with van der Waals surface area (Å²) in [5, 5.41) is 5.65. The maximum atomic E-state index is 11.5. The first-order chi connectivity index (χ1) is 10.5. The highest BCUT2D eigenvalue weighted by Crippen LogP contribution is 2.22. The normalized spacial score (nSPS) is 15.2. The van der Waals surface area contributed by atoms with Crippen LogP contribution in [0.4, 0.5) is 4.79 Å². The molecule has 2 rings (SSSR count). The van der Waals surface area contributed by atoms with Crippen LogP contribution < -0.4 is 10.6 Å². The highest BCUT2D eigenvalue weighted by Gasteiger charge is 2.27. The second kappa shape index (κ2) is 7.59. The summed E-state index contributed by atoms with van der Waals surface area (Å²) < 4.78 is 1.09. The Hall–Kier alpha value is -1.61. The smallest absolute Gasteiger partial charge is 0.324 e. The number of carbonyl (C=O) groups excluding carboxylic acids is 2. The van der Waals surface area contributed by atoms with Gasteiger partial charge in [0.15, 0.2) is 5.96 Å². The van der Waals surface area contributed by atoms with Crippen molar-refractivity contribution in [1.29, 1.82) is 0 Å². The number of nitrogens with zero attached hydrogens (tertiary/aromatic N) is 3. The minimum atomic E-state index is -0.335. The van der Waals surface area contributed by atoms with Crippen LogP contribution in [0.1, 0.15) is 4.88 Å². The summed E-state index contributed by atoms with van der Waals surface area (Å²) in [7, 11) is 3.65. The standard InChI is InChI=1S/C13H18BrN5O2S/c1-15-12(18(2)8-9-3-4-10(14)22-9)16-5-6-19-11(20)7-17-13(19)21/h3-4H,5-8H2,1-2H3,(H,15,16)(H,17,21). The average Bonchev–Trinajstić information content (AvgIpc) is 3.02. The number of aliphatic imine (C=N–C) groups is 1. The van der Waals surface area contributed by atoms with Crippen molar-refractivity contribution in [2.45, 2.75) is 6.54 Å². The number of guanidine groups is 1. The van der Waals surface area contributed by atoms with Gasteiger partial charge in [-0.2, -0.15) is 0 Å². The lowest BCUT2D eigenvalue weighted by Gasteiger charge is -2.22. The van der Waals surface area contributed by atoms with Gasteiger partial charge in [-0.25, -0.2) is 4.79 Å². The van der Waals surface area contributed by atoms with Gasteiger partial charge in [-0.3, -0.25) is 14.7 Å². The third-order valence-corrected chi connectivity index (χ3v) is 4.76. The molecule has 1 aliphatic heterocycles. The van der Waals surface area contributed by atoms with Gasteiger partial charge < -0.3 is 15.5 Å². The lowest BCUT2D eigenvalue weighted by Crippen LogP contribution is -2.43. The molecular weight excluding hydrogens is 370 g/mol. The van der Waals surface area contributed by atoms with Crippen LogP contribution in [0.25, 0.3) is 0 Å². The first-order valence-corrected chi connectivity index (χ1v) is 8.36. The number of carbonyl (C=O) groups is 2. The predicted molar refractivity (Wildman–Crippen MR) is 90.0 cm³/mol. The molecule has 1 fully saturated rings. The van der Waals surface area contributed by atoms with Gasteiger partial charge >= 0.3 is 6.03 Å². The zero-order valence-electron chi connectivity index (χ0n) is 12.4. The van der Waals surface area contributed by atoms with Gasteiger partial charge in [0.1, 0.15) is 0 Å². The van der Waals surface area contributed by atoms with Gasteiger partial charge in [0.25, 0.3) is 0 Å². The number of halogens is 1. The van der Waals surface area contributed by atoms with Gasteiger partial charge in [0, 0.05) is 32.1 Å². The number of rotatable bonds is 5. The third-order valence-electron chi connectivity index (χ3n) is 3.15. The molecule has 2 heterocycles. The number of amides is 3. The van der Waals surface area contributed by atoms with Crippen LogP contribution in [0, 0.1) is 0 Å². The zero-order valence-corrected chi connectivity index (χ0v) is 14.8. The largest absolute Gasteiger partial charge is 0.354 e. The molecule has 0 radical (unpaired) electrons. The van der Waals surface area contributed by atoms with E-state index in [0.29, 0.717) is 13.1 Å². The summed E-state index contributed by atoms with van der Waals surface area (Å²) in [6.07, 6.45) is 0. The summed E-state index contributed by atoms with van der Waals surface area (Å²) in [5.74, 6) is 0.523. The highest BCUT2D eigenvalue weighted by atomic mass is 79.9. The summed E-state index contributed by atoms with van der Waals surface area (Å²) in [5.41, 5.74) is 0. The van der Waals surface area contributed by atoms with Crippen molar-refractivity contribution in [1.82, 2.24) is 20.4 Å². The van der Waals surface area contributed by atoms with E-state index in [9.17, 15) is 9.59 Å². The topological polar surface area (TPSA) is 77.0 Å². The van der Waals surface area contributed by atoms with Crippen molar-refractivity contribution in [3.05, 3.63) is 20.8 Å². The van der Waals surface area contributed by atoms with Crippen LogP contribution in [-0.4, -0.2) is 61.4 Å². The number of thiophene rings is 1. The van der Waals surface area contributed by atoms with Crippen molar-refractivity contribution in [3.63, 3.8) is 0 Å².